The lowest BCUT2D eigenvalue weighted by Gasteiger charge is -2.25. The van der Waals surface area contributed by atoms with Gasteiger partial charge in [-0.15, -0.1) is 0 Å². The molecule has 0 aliphatic heterocycles. The largest absolute Gasteiger partial charge is 0.348 e. The van der Waals surface area contributed by atoms with Crippen LogP contribution in [0.3, 0.4) is 0 Å². The summed E-state index contributed by atoms with van der Waals surface area (Å²) in [7, 11) is -3.70. The lowest BCUT2D eigenvalue weighted by atomic mass is 9.97. The molecule has 27 heavy (non-hydrogen) atoms. The maximum absolute atomic E-state index is 13.1. The Morgan fingerprint density at radius 1 is 1.07 bits per heavy atom. The number of nitrogens with one attached hydrogen (secondary N) is 1. The molecule has 1 atom stereocenters. The molecule has 7 heteroatoms. The summed E-state index contributed by atoms with van der Waals surface area (Å²) < 4.78 is 38.4. The molecule has 2 aromatic carbocycles. The second-order valence-electron chi connectivity index (χ2n) is 6.91. The van der Waals surface area contributed by atoms with Crippen LogP contribution < -0.4 is 9.62 Å². The molecule has 0 aromatic heterocycles. The van der Waals surface area contributed by atoms with E-state index in [0.29, 0.717) is 5.92 Å². The molecule has 5 nitrogen and oxygen atoms in total. The lowest BCUT2D eigenvalue weighted by molar-refractivity contribution is -0.120. The first-order valence-corrected chi connectivity index (χ1v) is 10.6. The molecule has 146 valence electrons. The van der Waals surface area contributed by atoms with Crippen LogP contribution in [0.15, 0.2) is 54.6 Å². The topological polar surface area (TPSA) is 66.5 Å². The van der Waals surface area contributed by atoms with Crippen LogP contribution in [0.1, 0.15) is 31.9 Å². The summed E-state index contributed by atoms with van der Waals surface area (Å²) in [5.74, 6) is -0.546. The quantitative estimate of drug-likeness (QED) is 0.748. The van der Waals surface area contributed by atoms with Crippen LogP contribution in [0.25, 0.3) is 0 Å². The molecule has 1 amide bonds. The Kier molecular flexibility index (Phi) is 6.96. The van der Waals surface area contributed by atoms with Crippen LogP contribution in [0.5, 0.6) is 0 Å². The Hall–Kier alpha value is -2.41. The molecule has 0 aliphatic carbocycles. The number of sulfonamides is 1. The van der Waals surface area contributed by atoms with Gasteiger partial charge in [0.1, 0.15) is 12.4 Å². The molecule has 1 N–H and O–H groups in total. The SMILES string of the molecule is CC(C)C[C@@H](NC(=O)CN(c1ccc(F)cc1)S(C)(=O)=O)c1ccccc1. The molecule has 0 fully saturated rings. The third-order valence-corrected chi connectivity index (χ3v) is 5.19. The summed E-state index contributed by atoms with van der Waals surface area (Å²) in [6.45, 7) is 3.75. The van der Waals surface area contributed by atoms with Gasteiger partial charge in [-0.05, 0) is 42.2 Å². The summed E-state index contributed by atoms with van der Waals surface area (Å²) in [6, 6.07) is 14.4. The smallest absolute Gasteiger partial charge is 0.241 e. The highest BCUT2D eigenvalue weighted by molar-refractivity contribution is 7.92. The van der Waals surface area contributed by atoms with E-state index < -0.39 is 21.7 Å². The molecular formula is C20H25FN2O3S. The Morgan fingerprint density at radius 2 is 1.67 bits per heavy atom. The standard InChI is InChI=1S/C20H25FN2O3S/c1-15(2)13-19(16-7-5-4-6-8-16)22-20(24)14-23(27(3,25)26)18-11-9-17(21)10-12-18/h4-12,15,19H,13-14H2,1-3H3,(H,22,24)/t19-/m1/s1. The van der Waals surface area contributed by atoms with Crippen molar-refractivity contribution in [3.8, 4) is 0 Å². The Labute approximate surface area is 160 Å². The number of benzene rings is 2. The van der Waals surface area contributed by atoms with Crippen LogP contribution in [0.2, 0.25) is 0 Å². The number of halogens is 1. The highest BCUT2D eigenvalue weighted by Crippen LogP contribution is 2.22. The average molecular weight is 392 g/mol. The zero-order valence-corrected chi connectivity index (χ0v) is 16.5. The maximum atomic E-state index is 13.1. The van der Waals surface area contributed by atoms with Gasteiger partial charge in [0.25, 0.3) is 0 Å². The van der Waals surface area contributed by atoms with Gasteiger partial charge in [-0.2, -0.15) is 0 Å². The Balaban J connectivity index is 2.19. The van der Waals surface area contributed by atoms with Gasteiger partial charge in [0, 0.05) is 0 Å². The number of carbonyl (C=O) groups excluding carboxylic acids is 1. The number of hydrogen-bond acceptors (Lipinski definition) is 3. The monoisotopic (exact) mass is 392 g/mol. The molecular weight excluding hydrogens is 367 g/mol. The zero-order valence-electron chi connectivity index (χ0n) is 15.7. The summed E-state index contributed by atoms with van der Waals surface area (Å²) in [5.41, 5.74) is 1.21. The van der Waals surface area contributed by atoms with Crippen LogP contribution in [-0.4, -0.2) is 27.1 Å². The van der Waals surface area contributed by atoms with Crippen molar-refractivity contribution in [3.63, 3.8) is 0 Å². The highest BCUT2D eigenvalue weighted by atomic mass is 32.2. The van der Waals surface area contributed by atoms with Gasteiger partial charge in [-0.1, -0.05) is 44.2 Å². The predicted octanol–water partition coefficient (Wildman–Crippen LogP) is 3.50. The van der Waals surface area contributed by atoms with Crippen LogP contribution in [-0.2, 0) is 14.8 Å². The van der Waals surface area contributed by atoms with E-state index in [1.54, 1.807) is 0 Å². The number of rotatable bonds is 8. The van der Waals surface area contributed by atoms with E-state index in [2.05, 4.69) is 19.2 Å². The lowest BCUT2D eigenvalue weighted by Crippen LogP contribution is -2.41. The van der Waals surface area contributed by atoms with Crippen molar-refractivity contribution in [1.82, 2.24) is 5.32 Å². The highest BCUT2D eigenvalue weighted by Gasteiger charge is 2.23. The van der Waals surface area contributed by atoms with Crippen LogP contribution in [0, 0.1) is 11.7 Å². The zero-order chi connectivity index (χ0) is 20.0. The van der Waals surface area contributed by atoms with E-state index in [-0.39, 0.29) is 18.3 Å². The van der Waals surface area contributed by atoms with Crippen molar-refractivity contribution >= 4 is 21.6 Å². The van der Waals surface area contributed by atoms with Crippen LogP contribution in [0.4, 0.5) is 10.1 Å². The van der Waals surface area contributed by atoms with E-state index in [0.717, 1.165) is 34.7 Å². The molecule has 0 spiro atoms. The van der Waals surface area contributed by atoms with E-state index in [4.69, 9.17) is 0 Å². The van der Waals surface area contributed by atoms with Gasteiger partial charge in [-0.25, -0.2) is 12.8 Å². The van der Waals surface area contributed by atoms with E-state index >= 15 is 0 Å². The second kappa shape index (κ2) is 8.99. The summed E-state index contributed by atoms with van der Waals surface area (Å²) in [5, 5.41) is 2.93. The number of hydrogen-bond donors (Lipinski definition) is 1. The van der Waals surface area contributed by atoms with Gasteiger partial charge in [0.05, 0.1) is 18.0 Å². The molecule has 0 unspecified atom stereocenters. The minimum atomic E-state index is -3.70. The fourth-order valence-electron chi connectivity index (χ4n) is 2.81. The van der Waals surface area contributed by atoms with Crippen molar-refractivity contribution in [2.45, 2.75) is 26.3 Å². The summed E-state index contributed by atoms with van der Waals surface area (Å²) in [6.07, 6.45) is 1.75. The first kappa shape index (κ1) is 20.9. The number of amides is 1. The van der Waals surface area contributed by atoms with Crippen molar-refractivity contribution < 1.29 is 17.6 Å². The Morgan fingerprint density at radius 3 is 2.19 bits per heavy atom. The normalized spacial score (nSPS) is 12.6. The van der Waals surface area contributed by atoms with Gasteiger partial charge >= 0.3 is 0 Å². The van der Waals surface area contributed by atoms with Gasteiger partial charge in [0.15, 0.2) is 0 Å². The predicted molar refractivity (Wildman–Crippen MR) is 105 cm³/mol. The molecule has 0 heterocycles. The molecule has 0 saturated heterocycles. The van der Waals surface area contributed by atoms with E-state index in [1.807, 2.05) is 30.3 Å². The molecule has 0 radical (unpaired) electrons. The third-order valence-electron chi connectivity index (χ3n) is 4.05. The molecule has 0 saturated carbocycles. The first-order chi connectivity index (χ1) is 12.7. The fourth-order valence-corrected chi connectivity index (χ4v) is 3.67. The number of nitrogens with zero attached hydrogens (tertiary/aromatic N) is 1. The van der Waals surface area contributed by atoms with E-state index in [1.165, 1.54) is 12.1 Å². The maximum Gasteiger partial charge on any atom is 0.241 e. The van der Waals surface area contributed by atoms with Crippen molar-refractivity contribution in [1.29, 1.82) is 0 Å². The van der Waals surface area contributed by atoms with Crippen molar-refractivity contribution in [3.05, 3.63) is 66.0 Å². The van der Waals surface area contributed by atoms with Gasteiger partial charge in [0.2, 0.25) is 15.9 Å². The Bertz CT molecular complexity index is 853. The fraction of sp³-hybridized carbons (Fsp3) is 0.350. The number of anilines is 1. The van der Waals surface area contributed by atoms with Crippen molar-refractivity contribution in [2.24, 2.45) is 5.92 Å². The average Bonchev–Trinajstić information content (AvgIpc) is 2.59. The summed E-state index contributed by atoms with van der Waals surface area (Å²) >= 11 is 0. The van der Waals surface area contributed by atoms with E-state index in [9.17, 15) is 17.6 Å². The summed E-state index contributed by atoms with van der Waals surface area (Å²) in [4.78, 5) is 12.6. The molecule has 0 bridgehead atoms. The second-order valence-corrected chi connectivity index (χ2v) is 8.81. The van der Waals surface area contributed by atoms with Gasteiger partial charge in [-0.3, -0.25) is 9.10 Å². The molecule has 2 aromatic rings. The molecule has 0 aliphatic rings. The molecule has 2 rings (SSSR count). The van der Waals surface area contributed by atoms with Gasteiger partial charge < -0.3 is 5.32 Å². The minimum absolute atomic E-state index is 0.215. The number of carbonyl (C=O) groups is 1. The first-order valence-electron chi connectivity index (χ1n) is 8.74. The van der Waals surface area contributed by atoms with Crippen LogP contribution >= 0.6 is 0 Å². The van der Waals surface area contributed by atoms with Crippen molar-refractivity contribution in [2.75, 3.05) is 17.1 Å². The third kappa shape index (κ3) is 6.36. The minimum Gasteiger partial charge on any atom is -0.348 e.